The van der Waals surface area contributed by atoms with Crippen LogP contribution >= 0.6 is 0 Å². The number of fused-ring (bicyclic) bond motifs is 2. The molecular weight excluding hydrogens is 436 g/mol. The molecule has 1 saturated carbocycles. The van der Waals surface area contributed by atoms with E-state index in [-0.39, 0.29) is 24.7 Å². The number of benzene rings is 1. The van der Waals surface area contributed by atoms with Gasteiger partial charge in [-0.1, -0.05) is 38.3 Å². The topological polar surface area (TPSA) is 102 Å². The molecule has 0 bridgehead atoms. The van der Waals surface area contributed by atoms with E-state index in [1.807, 2.05) is 12.1 Å². The second kappa shape index (κ2) is 12.5. The van der Waals surface area contributed by atoms with E-state index in [2.05, 4.69) is 17.7 Å². The maximum Gasteiger partial charge on any atom is 0.346 e. The lowest BCUT2D eigenvalue weighted by Gasteiger charge is -2.32. The molecule has 6 atom stereocenters. The highest BCUT2D eigenvalue weighted by Gasteiger charge is 2.44. The van der Waals surface area contributed by atoms with Crippen molar-refractivity contribution >= 4 is 11.9 Å². The van der Waals surface area contributed by atoms with Gasteiger partial charge in [0.05, 0.1) is 19.3 Å². The lowest BCUT2D eigenvalue weighted by atomic mass is 9.73. The normalized spacial score (nSPS) is 25.1. The Morgan fingerprint density at radius 1 is 1.18 bits per heavy atom. The van der Waals surface area contributed by atoms with Crippen molar-refractivity contribution in [1.29, 1.82) is 0 Å². The van der Waals surface area contributed by atoms with Crippen LogP contribution in [-0.4, -0.2) is 54.2 Å². The van der Waals surface area contributed by atoms with E-state index in [1.165, 1.54) is 19.6 Å². The van der Waals surface area contributed by atoms with Crippen LogP contribution in [0.15, 0.2) is 18.2 Å². The Balaban J connectivity index is 1.58. The molecule has 0 saturated heterocycles. The molecule has 0 spiro atoms. The largest absolute Gasteiger partial charge is 0.482 e. The van der Waals surface area contributed by atoms with Crippen LogP contribution in [0.2, 0.25) is 0 Å². The molecule has 0 heterocycles. The maximum absolute atomic E-state index is 12.1. The molecular formula is C27H40O7. The molecule has 1 aromatic carbocycles. The zero-order chi connectivity index (χ0) is 24.7. The minimum absolute atomic E-state index is 0.207. The van der Waals surface area contributed by atoms with Gasteiger partial charge >= 0.3 is 11.9 Å². The van der Waals surface area contributed by atoms with Crippen molar-refractivity contribution < 1.29 is 34.0 Å². The third kappa shape index (κ3) is 6.72. The Labute approximate surface area is 202 Å². The van der Waals surface area contributed by atoms with Gasteiger partial charge in [-0.2, -0.15) is 0 Å². The molecule has 34 heavy (non-hydrogen) atoms. The van der Waals surface area contributed by atoms with Crippen LogP contribution in [0.5, 0.6) is 5.75 Å². The Bertz CT molecular complexity index is 823. The van der Waals surface area contributed by atoms with E-state index >= 15 is 0 Å². The first-order valence-corrected chi connectivity index (χ1v) is 12.7. The fraction of sp³-hybridized carbons (Fsp3) is 0.704. The van der Waals surface area contributed by atoms with E-state index in [0.717, 1.165) is 63.4 Å². The minimum atomic E-state index is -0.978. The van der Waals surface area contributed by atoms with Gasteiger partial charge in [-0.3, -0.25) is 0 Å². The number of carbonyl (C=O) groups excluding carboxylic acids is 2. The Morgan fingerprint density at radius 3 is 2.71 bits per heavy atom. The number of hydrogen-bond donors (Lipinski definition) is 2. The van der Waals surface area contributed by atoms with Gasteiger partial charge in [0, 0.05) is 0 Å². The zero-order valence-electron chi connectivity index (χ0n) is 20.7. The van der Waals surface area contributed by atoms with Gasteiger partial charge in [0.1, 0.15) is 5.75 Å². The van der Waals surface area contributed by atoms with Gasteiger partial charge in [-0.05, 0) is 80.4 Å². The van der Waals surface area contributed by atoms with E-state index in [9.17, 15) is 19.8 Å². The molecule has 2 N–H and O–H groups in total. The van der Waals surface area contributed by atoms with E-state index in [4.69, 9.17) is 9.47 Å². The molecule has 2 aliphatic carbocycles. The molecule has 1 aromatic rings. The Kier molecular flexibility index (Phi) is 9.77. The smallest absolute Gasteiger partial charge is 0.346 e. The Morgan fingerprint density at radius 2 is 1.97 bits per heavy atom. The number of aliphatic hydroxyl groups excluding tert-OH is 2. The average Bonchev–Trinajstić information content (AvgIpc) is 3.13. The van der Waals surface area contributed by atoms with Crippen molar-refractivity contribution in [2.45, 2.75) is 89.9 Å². The zero-order valence-corrected chi connectivity index (χ0v) is 20.7. The van der Waals surface area contributed by atoms with E-state index < -0.39 is 18.0 Å². The fourth-order valence-corrected chi connectivity index (χ4v) is 5.68. The average molecular weight is 477 g/mol. The van der Waals surface area contributed by atoms with Crippen LogP contribution in [0, 0.1) is 17.8 Å². The van der Waals surface area contributed by atoms with Gasteiger partial charge in [-0.15, -0.1) is 0 Å². The predicted octanol–water partition coefficient (Wildman–Crippen LogP) is 3.60. The summed E-state index contributed by atoms with van der Waals surface area (Å²) in [7, 11) is 1.24. The first kappa shape index (κ1) is 26.5. The quantitative estimate of drug-likeness (QED) is 0.351. The summed E-state index contributed by atoms with van der Waals surface area (Å²) in [5.74, 6) is 0.380. The molecule has 2 aliphatic rings. The van der Waals surface area contributed by atoms with Crippen molar-refractivity contribution in [1.82, 2.24) is 0 Å². The fourth-order valence-electron chi connectivity index (χ4n) is 5.68. The lowest BCUT2D eigenvalue weighted by molar-refractivity contribution is -0.165. The van der Waals surface area contributed by atoms with Gasteiger partial charge in [-0.25, -0.2) is 9.59 Å². The Hall–Kier alpha value is -2.12. The molecule has 0 unspecified atom stereocenters. The minimum Gasteiger partial charge on any atom is -0.482 e. The molecule has 0 amide bonds. The molecule has 190 valence electrons. The summed E-state index contributed by atoms with van der Waals surface area (Å²) in [6.45, 7) is 3.34. The lowest BCUT2D eigenvalue weighted by Crippen LogP contribution is -2.29. The highest BCUT2D eigenvalue weighted by atomic mass is 16.6. The van der Waals surface area contributed by atoms with Crippen LogP contribution in [-0.2, 0) is 31.9 Å². The van der Waals surface area contributed by atoms with Crippen molar-refractivity contribution in [3.05, 3.63) is 29.3 Å². The summed E-state index contributed by atoms with van der Waals surface area (Å²) in [4.78, 5) is 23.5. The summed E-state index contributed by atoms with van der Waals surface area (Å²) in [6.07, 6.45) is 6.63. The third-order valence-electron chi connectivity index (χ3n) is 7.51. The van der Waals surface area contributed by atoms with Crippen LogP contribution in [0.1, 0.15) is 69.9 Å². The number of hydrogen-bond acceptors (Lipinski definition) is 7. The van der Waals surface area contributed by atoms with E-state index in [1.54, 1.807) is 0 Å². The number of unbranched alkanes of at least 4 members (excludes halogenated alkanes) is 2. The second-order valence-corrected chi connectivity index (χ2v) is 9.86. The predicted molar refractivity (Wildman–Crippen MR) is 127 cm³/mol. The van der Waals surface area contributed by atoms with Crippen molar-refractivity contribution in [3.63, 3.8) is 0 Å². The number of rotatable bonds is 12. The number of methoxy groups -OCH3 is 1. The van der Waals surface area contributed by atoms with Crippen LogP contribution < -0.4 is 4.74 Å². The molecule has 1 fully saturated rings. The van der Waals surface area contributed by atoms with Crippen molar-refractivity contribution in [3.8, 4) is 5.75 Å². The highest BCUT2D eigenvalue weighted by molar-refractivity contribution is 5.79. The monoisotopic (exact) mass is 476 g/mol. The number of carbonyl (C=O) groups is 2. The molecule has 0 radical (unpaired) electrons. The second-order valence-electron chi connectivity index (χ2n) is 9.86. The molecule has 7 nitrogen and oxygen atoms in total. The van der Waals surface area contributed by atoms with Crippen LogP contribution in [0.25, 0.3) is 0 Å². The van der Waals surface area contributed by atoms with Gasteiger partial charge in [0.15, 0.2) is 12.7 Å². The first-order valence-electron chi connectivity index (χ1n) is 12.7. The summed E-state index contributed by atoms with van der Waals surface area (Å²) in [5.41, 5.74) is 2.28. The van der Waals surface area contributed by atoms with Gasteiger partial charge in [0.25, 0.3) is 0 Å². The summed E-state index contributed by atoms with van der Waals surface area (Å²) >= 11 is 0. The summed E-state index contributed by atoms with van der Waals surface area (Å²) < 4.78 is 15.4. The summed E-state index contributed by atoms with van der Waals surface area (Å²) in [5, 5.41) is 21.2. The van der Waals surface area contributed by atoms with Gasteiger partial charge < -0.3 is 24.4 Å². The van der Waals surface area contributed by atoms with E-state index in [0.29, 0.717) is 17.6 Å². The standard InChI is InChI=1S/C27H40O7/c1-4-5-6-9-20(28)11-12-21-22-13-18-8-7-10-25(23(18)14-19(22)15-24(21)29)33-16-26(30)34-17(2)27(31)32-3/h7-8,10,17,19-22,24,28-29H,4-6,9,11-16H2,1-3H3/t17-,19+,20+,21-,22+,24-/m1/s1. The van der Waals surface area contributed by atoms with Crippen molar-refractivity contribution in [2.75, 3.05) is 13.7 Å². The molecule has 7 heteroatoms. The SMILES string of the molecule is CCCCC[C@H](O)CC[C@@H]1[C@H]2Cc3cccc(OCC(=O)O[C@H](C)C(=O)OC)c3C[C@H]2C[C@H]1O. The molecule has 0 aromatic heterocycles. The van der Waals surface area contributed by atoms with Crippen LogP contribution in [0.3, 0.4) is 0 Å². The highest BCUT2D eigenvalue weighted by Crippen LogP contribution is 2.48. The van der Waals surface area contributed by atoms with Crippen LogP contribution in [0.4, 0.5) is 0 Å². The van der Waals surface area contributed by atoms with Crippen molar-refractivity contribution in [2.24, 2.45) is 17.8 Å². The maximum atomic E-state index is 12.1. The summed E-state index contributed by atoms with van der Waals surface area (Å²) in [6, 6.07) is 5.87. The number of esters is 2. The number of aliphatic hydroxyl groups is 2. The molecule has 3 rings (SSSR count). The van der Waals surface area contributed by atoms with Gasteiger partial charge in [0.2, 0.25) is 0 Å². The number of ether oxygens (including phenoxy) is 3. The molecule has 0 aliphatic heterocycles. The first-order chi connectivity index (χ1) is 16.3. The third-order valence-corrected chi connectivity index (χ3v) is 7.51.